The zero-order valence-electron chi connectivity index (χ0n) is 8.90. The van der Waals surface area contributed by atoms with Gasteiger partial charge in [0, 0.05) is 19.8 Å². The number of nitrogens with zero attached hydrogens (tertiary/aromatic N) is 2. The Kier molecular flexibility index (Phi) is 2.42. The average Bonchev–Trinajstić information content (AvgIpc) is 2.25. The molecule has 5 heteroatoms. The highest BCUT2D eigenvalue weighted by Crippen LogP contribution is 2.27. The summed E-state index contributed by atoms with van der Waals surface area (Å²) in [7, 11) is -1.28. The van der Waals surface area contributed by atoms with Crippen molar-refractivity contribution in [2.75, 3.05) is 24.2 Å². The molecule has 0 amide bonds. The minimum atomic E-state index is -3.18. The van der Waals surface area contributed by atoms with Gasteiger partial charge in [-0.1, -0.05) is 0 Å². The summed E-state index contributed by atoms with van der Waals surface area (Å²) in [5.74, 6) is 0.195. The van der Waals surface area contributed by atoms with Crippen LogP contribution in [0.15, 0.2) is 17.3 Å². The predicted molar refractivity (Wildman–Crippen MR) is 58.9 cm³/mol. The van der Waals surface area contributed by atoms with E-state index < -0.39 is 9.84 Å². The normalized spacial score (nSPS) is 19.5. The van der Waals surface area contributed by atoms with E-state index in [4.69, 9.17) is 0 Å². The Labute approximate surface area is 89.9 Å². The molecule has 1 aromatic heterocycles. The summed E-state index contributed by atoms with van der Waals surface area (Å²) in [5, 5.41) is 0.230. The van der Waals surface area contributed by atoms with Gasteiger partial charge in [0.05, 0.1) is 11.4 Å². The van der Waals surface area contributed by atoms with Gasteiger partial charge in [-0.05, 0) is 25.0 Å². The quantitative estimate of drug-likeness (QED) is 0.662. The van der Waals surface area contributed by atoms with Crippen LogP contribution >= 0.6 is 0 Å². The summed E-state index contributed by atoms with van der Waals surface area (Å²) in [6, 6.07) is 1.88. The van der Waals surface area contributed by atoms with Crippen LogP contribution in [-0.4, -0.2) is 32.7 Å². The minimum absolute atomic E-state index is 0.195. The molecule has 0 aliphatic carbocycles. The summed E-state index contributed by atoms with van der Waals surface area (Å²) in [5.41, 5.74) is 1.71. The van der Waals surface area contributed by atoms with Crippen LogP contribution in [0.3, 0.4) is 0 Å². The number of aryl methyl sites for hydroxylation is 1. The summed E-state index contributed by atoms with van der Waals surface area (Å²) in [6.07, 6.45) is 2.27. The van der Waals surface area contributed by atoms with Crippen molar-refractivity contribution in [1.82, 2.24) is 4.98 Å². The first kappa shape index (κ1) is 10.4. The lowest BCUT2D eigenvalue weighted by Crippen LogP contribution is -2.18. The third-order valence-corrected chi connectivity index (χ3v) is 4.31. The number of hydrogen-bond acceptors (Lipinski definition) is 4. The Morgan fingerprint density at radius 2 is 2.20 bits per heavy atom. The van der Waals surface area contributed by atoms with Crippen molar-refractivity contribution in [2.45, 2.75) is 18.4 Å². The molecule has 0 bridgehead atoms. The van der Waals surface area contributed by atoms with Crippen LogP contribution in [0.4, 0.5) is 5.69 Å². The van der Waals surface area contributed by atoms with Crippen molar-refractivity contribution in [2.24, 2.45) is 0 Å². The highest BCUT2D eigenvalue weighted by atomic mass is 32.2. The Balaban J connectivity index is 2.67. The zero-order valence-corrected chi connectivity index (χ0v) is 9.71. The molecule has 0 spiro atoms. The van der Waals surface area contributed by atoms with E-state index in [1.54, 1.807) is 6.20 Å². The highest BCUT2D eigenvalue weighted by molar-refractivity contribution is 7.91. The second-order valence-electron chi connectivity index (χ2n) is 3.93. The number of rotatable bonds is 0. The summed E-state index contributed by atoms with van der Waals surface area (Å²) < 4.78 is 23.7. The number of hydrogen-bond donors (Lipinski definition) is 0. The maximum absolute atomic E-state index is 11.9. The first-order chi connectivity index (χ1) is 7.00. The highest BCUT2D eigenvalue weighted by Gasteiger charge is 2.25. The third kappa shape index (κ3) is 1.84. The minimum Gasteiger partial charge on any atom is -0.372 e. The molecule has 0 aromatic carbocycles. The third-order valence-electron chi connectivity index (χ3n) is 2.58. The van der Waals surface area contributed by atoms with Gasteiger partial charge >= 0.3 is 0 Å². The van der Waals surface area contributed by atoms with Crippen molar-refractivity contribution in [1.29, 1.82) is 0 Å². The number of sulfone groups is 1. The number of pyridine rings is 1. The number of anilines is 1. The summed E-state index contributed by atoms with van der Waals surface area (Å²) in [6.45, 7) is 2.68. The topological polar surface area (TPSA) is 50.3 Å². The molecule has 0 unspecified atom stereocenters. The molecule has 1 aromatic rings. The van der Waals surface area contributed by atoms with Crippen molar-refractivity contribution in [3.8, 4) is 0 Å². The van der Waals surface area contributed by atoms with E-state index in [9.17, 15) is 8.42 Å². The van der Waals surface area contributed by atoms with Gasteiger partial charge in [0.2, 0.25) is 0 Å². The van der Waals surface area contributed by atoms with E-state index in [0.717, 1.165) is 17.8 Å². The standard InChI is InChI=1S/C10H14N2O2S/c1-8-6-9-10(11-7-8)15(13,14)5-3-4-12(9)2/h6-7H,3-5H2,1-2H3. The molecule has 0 N–H and O–H groups in total. The molecule has 0 atom stereocenters. The predicted octanol–water partition coefficient (Wildman–Crippen LogP) is 1.00. The molecule has 82 valence electrons. The van der Waals surface area contributed by atoms with E-state index in [2.05, 4.69) is 4.98 Å². The van der Waals surface area contributed by atoms with E-state index in [0.29, 0.717) is 6.42 Å². The smallest absolute Gasteiger partial charge is 0.197 e. The van der Waals surface area contributed by atoms with E-state index in [1.807, 2.05) is 24.9 Å². The van der Waals surface area contributed by atoms with Crippen molar-refractivity contribution in [3.05, 3.63) is 17.8 Å². The van der Waals surface area contributed by atoms with Gasteiger partial charge in [0.1, 0.15) is 0 Å². The van der Waals surface area contributed by atoms with E-state index in [-0.39, 0.29) is 10.8 Å². The van der Waals surface area contributed by atoms with Gasteiger partial charge in [-0.2, -0.15) is 0 Å². The molecule has 1 aliphatic heterocycles. The van der Waals surface area contributed by atoms with Crippen LogP contribution in [-0.2, 0) is 9.84 Å². The Morgan fingerprint density at radius 3 is 2.93 bits per heavy atom. The molecule has 0 saturated carbocycles. The lowest BCUT2D eigenvalue weighted by molar-refractivity contribution is 0.592. The van der Waals surface area contributed by atoms with Crippen LogP contribution in [0.2, 0.25) is 0 Å². The zero-order chi connectivity index (χ0) is 11.1. The van der Waals surface area contributed by atoms with Gasteiger partial charge in [0.15, 0.2) is 14.9 Å². The first-order valence-electron chi connectivity index (χ1n) is 4.91. The molecule has 1 aliphatic rings. The van der Waals surface area contributed by atoms with Crippen molar-refractivity contribution < 1.29 is 8.42 Å². The van der Waals surface area contributed by atoms with Crippen molar-refractivity contribution in [3.63, 3.8) is 0 Å². The SMILES string of the molecule is Cc1cnc2c(c1)N(C)CCCS2(=O)=O. The molecule has 0 saturated heterocycles. The van der Waals surface area contributed by atoms with Gasteiger partial charge in [-0.15, -0.1) is 0 Å². The fourth-order valence-corrected chi connectivity index (χ4v) is 3.21. The Bertz CT molecular complexity index is 482. The maximum Gasteiger partial charge on any atom is 0.197 e. The molecule has 0 radical (unpaired) electrons. The maximum atomic E-state index is 11.9. The summed E-state index contributed by atoms with van der Waals surface area (Å²) in [4.78, 5) is 6.01. The van der Waals surface area contributed by atoms with Crippen molar-refractivity contribution >= 4 is 15.5 Å². The van der Waals surface area contributed by atoms with Crippen LogP contribution in [0.5, 0.6) is 0 Å². The van der Waals surface area contributed by atoms with Crippen LogP contribution in [0, 0.1) is 6.92 Å². The molecule has 0 fully saturated rings. The van der Waals surface area contributed by atoms with Gasteiger partial charge < -0.3 is 4.90 Å². The average molecular weight is 226 g/mol. The fraction of sp³-hybridized carbons (Fsp3) is 0.500. The Hall–Kier alpha value is -1.10. The van der Waals surface area contributed by atoms with Gasteiger partial charge in [-0.25, -0.2) is 13.4 Å². The molecular formula is C10H14N2O2S. The molecule has 4 nitrogen and oxygen atoms in total. The number of aromatic nitrogens is 1. The summed E-state index contributed by atoms with van der Waals surface area (Å²) >= 11 is 0. The fourth-order valence-electron chi connectivity index (χ4n) is 1.76. The lowest BCUT2D eigenvalue weighted by atomic mass is 10.3. The van der Waals surface area contributed by atoms with E-state index in [1.165, 1.54) is 0 Å². The lowest BCUT2D eigenvalue weighted by Gasteiger charge is -2.17. The van der Waals surface area contributed by atoms with Crippen LogP contribution in [0.1, 0.15) is 12.0 Å². The first-order valence-corrected chi connectivity index (χ1v) is 6.56. The second kappa shape index (κ2) is 3.48. The molecule has 15 heavy (non-hydrogen) atoms. The molecular weight excluding hydrogens is 212 g/mol. The van der Waals surface area contributed by atoms with Crippen LogP contribution < -0.4 is 4.90 Å². The monoisotopic (exact) mass is 226 g/mol. The van der Waals surface area contributed by atoms with Gasteiger partial charge in [0.25, 0.3) is 0 Å². The Morgan fingerprint density at radius 1 is 1.47 bits per heavy atom. The molecule has 2 rings (SSSR count). The second-order valence-corrected chi connectivity index (χ2v) is 5.96. The van der Waals surface area contributed by atoms with Crippen LogP contribution in [0.25, 0.3) is 0 Å². The largest absolute Gasteiger partial charge is 0.372 e. The number of fused-ring (bicyclic) bond motifs is 1. The molecule has 2 heterocycles. The van der Waals surface area contributed by atoms with Gasteiger partial charge in [-0.3, -0.25) is 0 Å². The van der Waals surface area contributed by atoms with E-state index >= 15 is 0 Å².